The summed E-state index contributed by atoms with van der Waals surface area (Å²) in [4.78, 5) is 16.5. The number of hydrogen-bond acceptors (Lipinski definition) is 6. The molecule has 0 amide bonds. The minimum absolute atomic E-state index is 0. The molecular formula is C14H22N2O5. The van der Waals surface area contributed by atoms with Gasteiger partial charge in [0.1, 0.15) is 0 Å². The summed E-state index contributed by atoms with van der Waals surface area (Å²) in [5.74, 6) is -0.858. The molecule has 1 saturated heterocycles. The number of carbonyl (C=O) groups excluding carboxylic acids is 1. The first-order valence-electron chi connectivity index (χ1n) is 6.56. The highest BCUT2D eigenvalue weighted by molar-refractivity contribution is 6.01. The summed E-state index contributed by atoms with van der Waals surface area (Å²) < 4.78 is 4.89. The van der Waals surface area contributed by atoms with Crippen molar-refractivity contribution in [3.05, 3.63) is 17.7 Å². The third kappa shape index (κ3) is 3.84. The second-order valence-electron chi connectivity index (χ2n) is 5.02. The van der Waals surface area contributed by atoms with Crippen LogP contribution in [0.2, 0.25) is 0 Å². The van der Waals surface area contributed by atoms with Crippen LogP contribution < -0.4 is 4.74 Å². The predicted molar refractivity (Wildman–Crippen MR) is 78.2 cm³/mol. The van der Waals surface area contributed by atoms with E-state index in [0.717, 1.165) is 26.2 Å². The number of aromatic hydroxyl groups is 2. The van der Waals surface area contributed by atoms with Gasteiger partial charge in [-0.25, -0.2) is 0 Å². The third-order valence-corrected chi connectivity index (χ3v) is 3.60. The number of nitrogens with zero attached hydrogens (tertiary/aromatic N) is 2. The molecular weight excluding hydrogens is 276 g/mol. The SMILES string of the molecule is COc1ccc(C(=O)CN2CCN(C)CC2)c(O)c1O.O. The molecule has 0 unspecified atom stereocenters. The van der Waals surface area contributed by atoms with Gasteiger partial charge in [0, 0.05) is 26.2 Å². The number of likely N-dealkylation sites (N-methyl/N-ethyl adjacent to an activating group) is 1. The van der Waals surface area contributed by atoms with Gasteiger partial charge < -0.3 is 25.3 Å². The molecule has 4 N–H and O–H groups in total. The normalized spacial score (nSPS) is 16.3. The van der Waals surface area contributed by atoms with Crippen LogP contribution in [0.5, 0.6) is 17.2 Å². The van der Waals surface area contributed by atoms with Crippen molar-refractivity contribution < 1.29 is 25.2 Å². The van der Waals surface area contributed by atoms with Gasteiger partial charge in [-0.3, -0.25) is 9.69 Å². The highest BCUT2D eigenvalue weighted by Gasteiger charge is 2.21. The molecule has 1 aliphatic heterocycles. The molecule has 0 aliphatic carbocycles. The average Bonchev–Trinajstić information content (AvgIpc) is 2.44. The van der Waals surface area contributed by atoms with Crippen molar-refractivity contribution in [2.45, 2.75) is 0 Å². The number of methoxy groups -OCH3 is 1. The zero-order valence-electron chi connectivity index (χ0n) is 12.3. The van der Waals surface area contributed by atoms with Crippen LogP contribution in [-0.4, -0.2) is 78.2 Å². The molecule has 1 fully saturated rings. The molecule has 1 aromatic carbocycles. The van der Waals surface area contributed by atoms with E-state index in [2.05, 4.69) is 4.90 Å². The molecule has 0 saturated carbocycles. The lowest BCUT2D eigenvalue weighted by molar-refractivity contribution is 0.0873. The summed E-state index contributed by atoms with van der Waals surface area (Å²) in [7, 11) is 3.44. The fraction of sp³-hybridized carbons (Fsp3) is 0.500. The van der Waals surface area contributed by atoms with Crippen LogP contribution in [0.25, 0.3) is 0 Å². The minimum atomic E-state index is -0.413. The van der Waals surface area contributed by atoms with E-state index in [1.807, 2.05) is 11.9 Å². The number of carbonyl (C=O) groups is 1. The van der Waals surface area contributed by atoms with E-state index in [9.17, 15) is 15.0 Å². The van der Waals surface area contributed by atoms with Gasteiger partial charge in [0.25, 0.3) is 0 Å². The lowest BCUT2D eigenvalue weighted by Crippen LogP contribution is -2.46. The van der Waals surface area contributed by atoms with E-state index in [1.165, 1.54) is 19.2 Å². The zero-order valence-corrected chi connectivity index (χ0v) is 12.3. The lowest BCUT2D eigenvalue weighted by atomic mass is 10.1. The van der Waals surface area contributed by atoms with Gasteiger partial charge >= 0.3 is 0 Å². The van der Waals surface area contributed by atoms with Gasteiger partial charge in [-0.2, -0.15) is 0 Å². The number of rotatable bonds is 4. The monoisotopic (exact) mass is 298 g/mol. The van der Waals surface area contributed by atoms with Crippen molar-refractivity contribution in [3.8, 4) is 17.2 Å². The van der Waals surface area contributed by atoms with Crippen LogP contribution in [-0.2, 0) is 0 Å². The summed E-state index contributed by atoms with van der Waals surface area (Å²) in [5, 5.41) is 19.6. The van der Waals surface area contributed by atoms with Crippen molar-refractivity contribution in [3.63, 3.8) is 0 Å². The Kier molecular flexibility index (Phi) is 5.95. The Morgan fingerprint density at radius 3 is 2.38 bits per heavy atom. The van der Waals surface area contributed by atoms with Crippen LogP contribution in [0, 0.1) is 0 Å². The Morgan fingerprint density at radius 2 is 1.81 bits per heavy atom. The predicted octanol–water partition coefficient (Wildman–Crippen LogP) is -0.288. The van der Waals surface area contributed by atoms with E-state index < -0.39 is 11.5 Å². The maximum Gasteiger partial charge on any atom is 0.201 e. The standard InChI is InChI=1S/C14H20N2O4.H2O/c1-15-5-7-16(8-6-15)9-11(17)10-3-4-12(20-2)14(19)13(10)18;/h3-4,18-19H,5-9H2,1-2H3;1H2. The average molecular weight is 298 g/mol. The largest absolute Gasteiger partial charge is 0.504 e. The number of ketones is 1. The molecule has 2 rings (SSSR count). The molecule has 0 aromatic heterocycles. The first kappa shape index (κ1) is 17.2. The molecule has 1 heterocycles. The Balaban J connectivity index is 0.00000220. The number of benzene rings is 1. The number of ether oxygens (including phenoxy) is 1. The fourth-order valence-corrected chi connectivity index (χ4v) is 2.25. The van der Waals surface area contributed by atoms with Crippen molar-refractivity contribution in [2.24, 2.45) is 0 Å². The summed E-state index contributed by atoms with van der Waals surface area (Å²) in [5.41, 5.74) is 0.127. The summed E-state index contributed by atoms with van der Waals surface area (Å²) in [6, 6.07) is 2.96. The van der Waals surface area contributed by atoms with E-state index in [1.54, 1.807) is 0 Å². The highest BCUT2D eigenvalue weighted by Crippen LogP contribution is 2.37. The van der Waals surface area contributed by atoms with E-state index in [4.69, 9.17) is 4.74 Å². The van der Waals surface area contributed by atoms with Gasteiger partial charge in [-0.1, -0.05) is 0 Å². The Labute approximate surface area is 123 Å². The Bertz CT molecular complexity index is 498. The van der Waals surface area contributed by atoms with Crippen molar-refractivity contribution in [1.29, 1.82) is 0 Å². The molecule has 1 aromatic rings. The molecule has 21 heavy (non-hydrogen) atoms. The molecule has 0 bridgehead atoms. The van der Waals surface area contributed by atoms with Crippen molar-refractivity contribution in [1.82, 2.24) is 9.80 Å². The molecule has 0 spiro atoms. The van der Waals surface area contributed by atoms with Gasteiger partial charge in [0.2, 0.25) is 5.75 Å². The lowest BCUT2D eigenvalue weighted by Gasteiger charge is -2.31. The molecule has 1 aliphatic rings. The maximum atomic E-state index is 12.2. The Hall–Kier alpha value is -1.83. The Morgan fingerprint density at radius 1 is 1.19 bits per heavy atom. The summed E-state index contributed by atoms with van der Waals surface area (Å²) >= 11 is 0. The van der Waals surface area contributed by atoms with E-state index in [-0.39, 0.29) is 29.1 Å². The molecule has 0 radical (unpaired) electrons. The number of phenols is 2. The minimum Gasteiger partial charge on any atom is -0.504 e. The second-order valence-corrected chi connectivity index (χ2v) is 5.02. The number of phenolic OH excluding ortho intramolecular Hbond substituents is 2. The van der Waals surface area contributed by atoms with Crippen molar-refractivity contribution >= 4 is 5.78 Å². The zero-order chi connectivity index (χ0) is 14.7. The van der Waals surface area contributed by atoms with Gasteiger partial charge in [0.05, 0.1) is 19.2 Å². The first-order chi connectivity index (χ1) is 9.52. The molecule has 118 valence electrons. The van der Waals surface area contributed by atoms with E-state index in [0.29, 0.717) is 0 Å². The van der Waals surface area contributed by atoms with Crippen molar-refractivity contribution in [2.75, 3.05) is 46.9 Å². The topological polar surface area (TPSA) is 105 Å². The molecule has 7 nitrogen and oxygen atoms in total. The summed E-state index contributed by atoms with van der Waals surface area (Å²) in [6.07, 6.45) is 0. The maximum absolute atomic E-state index is 12.2. The highest BCUT2D eigenvalue weighted by atomic mass is 16.5. The number of hydrogen-bond donors (Lipinski definition) is 2. The second kappa shape index (κ2) is 7.26. The smallest absolute Gasteiger partial charge is 0.201 e. The van der Waals surface area contributed by atoms with Gasteiger partial charge in [-0.05, 0) is 19.2 Å². The van der Waals surface area contributed by atoms with Gasteiger partial charge in [-0.15, -0.1) is 0 Å². The van der Waals surface area contributed by atoms with Crippen LogP contribution in [0.4, 0.5) is 0 Å². The third-order valence-electron chi connectivity index (χ3n) is 3.60. The van der Waals surface area contributed by atoms with Crippen LogP contribution >= 0.6 is 0 Å². The van der Waals surface area contributed by atoms with Crippen LogP contribution in [0.15, 0.2) is 12.1 Å². The summed E-state index contributed by atoms with van der Waals surface area (Å²) in [6.45, 7) is 3.74. The number of piperazine rings is 1. The molecule has 0 atom stereocenters. The van der Waals surface area contributed by atoms with Crippen LogP contribution in [0.3, 0.4) is 0 Å². The fourth-order valence-electron chi connectivity index (χ4n) is 2.25. The first-order valence-corrected chi connectivity index (χ1v) is 6.56. The van der Waals surface area contributed by atoms with Crippen LogP contribution in [0.1, 0.15) is 10.4 Å². The van der Waals surface area contributed by atoms with Gasteiger partial charge in [0.15, 0.2) is 17.3 Å². The quantitative estimate of drug-likeness (QED) is 0.585. The van der Waals surface area contributed by atoms with E-state index >= 15 is 0 Å². The number of Topliss-reactive ketones (excluding diaryl/α,β-unsaturated/α-hetero) is 1. The molecule has 7 heteroatoms.